The van der Waals surface area contributed by atoms with Crippen LogP contribution in [0.1, 0.15) is 0 Å². The lowest BCUT2D eigenvalue weighted by molar-refractivity contribution is 0.567. The Morgan fingerprint density at radius 1 is 0.538 bits per heavy atom. The summed E-state index contributed by atoms with van der Waals surface area (Å²) in [5, 5.41) is 2.14. The molecule has 0 atom stereocenters. The maximum absolute atomic E-state index is 12.8. The first-order valence-electron chi connectivity index (χ1n) is 8.42. The van der Waals surface area contributed by atoms with Gasteiger partial charge in [0.1, 0.15) is 22.5 Å². The summed E-state index contributed by atoms with van der Waals surface area (Å²) >= 11 is 0. The molecule has 2 aromatic heterocycles. The van der Waals surface area contributed by atoms with E-state index >= 15 is 0 Å². The van der Waals surface area contributed by atoms with Crippen LogP contribution in [0.15, 0.2) is 98.6 Å². The van der Waals surface area contributed by atoms with Gasteiger partial charge in [0.25, 0.3) is 0 Å². The molecule has 5 aromatic rings. The molecule has 124 valence electrons. The molecule has 0 amide bonds. The molecule has 0 fully saturated rings. The van der Waals surface area contributed by atoms with Crippen LogP contribution in [0.2, 0.25) is 0 Å². The van der Waals surface area contributed by atoms with Crippen molar-refractivity contribution in [2.24, 2.45) is 0 Å². The van der Waals surface area contributed by atoms with Crippen LogP contribution in [0.5, 0.6) is 0 Å². The lowest BCUT2D eigenvalue weighted by Crippen LogP contribution is -1.99. The van der Waals surface area contributed by atoms with Crippen molar-refractivity contribution in [1.29, 1.82) is 0 Å². The average molecular weight is 338 g/mol. The highest BCUT2D eigenvalue weighted by Gasteiger charge is 2.22. The van der Waals surface area contributed by atoms with Gasteiger partial charge in [-0.2, -0.15) is 0 Å². The fourth-order valence-electron chi connectivity index (χ4n) is 3.38. The molecule has 0 unspecified atom stereocenters. The fraction of sp³-hybridized carbons (Fsp3) is 0. The SMILES string of the molecule is O=c1oc2ccccc2c2c(-c3ccccc3)oc(-c3ccccc3)c12. The Hall–Kier alpha value is -3.59. The van der Waals surface area contributed by atoms with E-state index in [9.17, 15) is 4.79 Å². The molecule has 2 heterocycles. The molecule has 0 N–H and O–H groups in total. The number of fused-ring (bicyclic) bond motifs is 3. The zero-order valence-electron chi connectivity index (χ0n) is 13.8. The van der Waals surface area contributed by atoms with E-state index in [1.165, 1.54) is 0 Å². The van der Waals surface area contributed by atoms with Crippen molar-refractivity contribution in [3.63, 3.8) is 0 Å². The molecule has 0 aliphatic carbocycles. The maximum Gasteiger partial charge on any atom is 0.348 e. The molecule has 26 heavy (non-hydrogen) atoms. The fourth-order valence-corrected chi connectivity index (χ4v) is 3.38. The second-order valence-corrected chi connectivity index (χ2v) is 6.13. The molecule has 3 heteroatoms. The highest BCUT2D eigenvalue weighted by Crippen LogP contribution is 2.40. The summed E-state index contributed by atoms with van der Waals surface area (Å²) in [5.41, 5.74) is 1.95. The first kappa shape index (κ1) is 14.7. The Balaban J connectivity index is 2.00. The third-order valence-corrected chi connectivity index (χ3v) is 4.54. The van der Waals surface area contributed by atoms with E-state index in [-0.39, 0.29) is 5.63 Å². The minimum atomic E-state index is -0.386. The Bertz CT molecular complexity index is 1280. The molecule has 3 nitrogen and oxygen atoms in total. The summed E-state index contributed by atoms with van der Waals surface area (Å²) in [5.74, 6) is 1.22. The predicted octanol–water partition coefficient (Wildman–Crippen LogP) is 5.87. The molecule has 0 saturated heterocycles. The quantitative estimate of drug-likeness (QED) is 0.378. The van der Waals surface area contributed by atoms with Crippen molar-refractivity contribution in [2.75, 3.05) is 0 Å². The minimum absolute atomic E-state index is 0.386. The van der Waals surface area contributed by atoms with Gasteiger partial charge in [0.2, 0.25) is 0 Å². The van der Waals surface area contributed by atoms with Gasteiger partial charge in [-0.15, -0.1) is 0 Å². The van der Waals surface area contributed by atoms with Crippen LogP contribution in [0, 0.1) is 0 Å². The Morgan fingerprint density at radius 2 is 1.08 bits per heavy atom. The van der Waals surface area contributed by atoms with Gasteiger partial charge in [0.15, 0.2) is 0 Å². The highest BCUT2D eigenvalue weighted by atomic mass is 16.4. The van der Waals surface area contributed by atoms with Crippen LogP contribution >= 0.6 is 0 Å². The zero-order chi connectivity index (χ0) is 17.5. The standard InChI is InChI=1S/C23H14O3/c24-23-20-19(17-13-7-8-14-18(17)25-23)21(15-9-3-1-4-10-15)26-22(20)16-11-5-2-6-12-16/h1-14H. The largest absolute Gasteiger partial charge is 0.454 e. The molecule has 0 saturated carbocycles. The van der Waals surface area contributed by atoms with Gasteiger partial charge >= 0.3 is 5.63 Å². The number of rotatable bonds is 2. The van der Waals surface area contributed by atoms with Crippen molar-refractivity contribution in [3.8, 4) is 22.6 Å². The van der Waals surface area contributed by atoms with Crippen LogP contribution in [-0.4, -0.2) is 0 Å². The Labute approximate surface area is 149 Å². The third-order valence-electron chi connectivity index (χ3n) is 4.54. The first-order chi connectivity index (χ1) is 12.8. The summed E-state index contributed by atoms with van der Waals surface area (Å²) < 4.78 is 11.8. The van der Waals surface area contributed by atoms with Crippen LogP contribution in [0.25, 0.3) is 44.4 Å². The van der Waals surface area contributed by atoms with E-state index in [1.54, 1.807) is 6.07 Å². The van der Waals surface area contributed by atoms with Gasteiger partial charge < -0.3 is 8.83 Å². The van der Waals surface area contributed by atoms with Crippen molar-refractivity contribution in [2.45, 2.75) is 0 Å². The molecular formula is C23H14O3. The van der Waals surface area contributed by atoms with Gasteiger partial charge in [0.05, 0.1) is 0 Å². The molecule has 3 aromatic carbocycles. The summed E-state index contributed by atoms with van der Waals surface area (Å²) in [6.07, 6.45) is 0. The van der Waals surface area contributed by atoms with E-state index in [4.69, 9.17) is 8.83 Å². The van der Waals surface area contributed by atoms with Crippen molar-refractivity contribution in [1.82, 2.24) is 0 Å². The number of hydrogen-bond donors (Lipinski definition) is 0. The number of benzene rings is 3. The second kappa shape index (κ2) is 5.74. The van der Waals surface area contributed by atoms with E-state index in [1.807, 2.05) is 78.9 Å². The summed E-state index contributed by atoms with van der Waals surface area (Å²) in [4.78, 5) is 12.8. The van der Waals surface area contributed by atoms with E-state index in [2.05, 4.69) is 0 Å². The maximum atomic E-state index is 12.8. The van der Waals surface area contributed by atoms with Gasteiger partial charge in [-0.3, -0.25) is 0 Å². The number of hydrogen-bond acceptors (Lipinski definition) is 3. The summed E-state index contributed by atoms with van der Waals surface area (Å²) in [7, 11) is 0. The molecule has 0 aliphatic rings. The van der Waals surface area contributed by atoms with Gasteiger partial charge in [0, 0.05) is 21.9 Å². The molecule has 0 spiro atoms. The highest BCUT2D eigenvalue weighted by molar-refractivity contribution is 6.14. The van der Waals surface area contributed by atoms with Gasteiger partial charge in [-0.05, 0) is 6.07 Å². The smallest absolute Gasteiger partial charge is 0.348 e. The lowest BCUT2D eigenvalue weighted by atomic mass is 10.0. The molecular weight excluding hydrogens is 324 g/mol. The van der Waals surface area contributed by atoms with E-state index in [0.29, 0.717) is 22.5 Å². The number of para-hydroxylation sites is 1. The van der Waals surface area contributed by atoms with Gasteiger partial charge in [-0.25, -0.2) is 4.79 Å². The molecule has 5 rings (SSSR count). The van der Waals surface area contributed by atoms with Gasteiger partial charge in [-0.1, -0.05) is 78.9 Å². The topological polar surface area (TPSA) is 43.4 Å². The van der Waals surface area contributed by atoms with Crippen LogP contribution < -0.4 is 5.63 Å². The Morgan fingerprint density at radius 3 is 1.73 bits per heavy atom. The van der Waals surface area contributed by atoms with Crippen molar-refractivity contribution >= 4 is 21.7 Å². The first-order valence-corrected chi connectivity index (χ1v) is 8.42. The Kier molecular flexibility index (Phi) is 3.25. The minimum Gasteiger partial charge on any atom is -0.454 e. The van der Waals surface area contributed by atoms with Crippen LogP contribution in [0.3, 0.4) is 0 Å². The second-order valence-electron chi connectivity index (χ2n) is 6.13. The average Bonchev–Trinajstić information content (AvgIpc) is 3.11. The molecule has 0 aliphatic heterocycles. The predicted molar refractivity (Wildman–Crippen MR) is 103 cm³/mol. The third kappa shape index (κ3) is 2.18. The molecule has 0 bridgehead atoms. The summed E-state index contributed by atoms with van der Waals surface area (Å²) in [6, 6.07) is 27.0. The normalized spacial score (nSPS) is 11.2. The van der Waals surface area contributed by atoms with Crippen molar-refractivity contribution < 1.29 is 8.83 Å². The van der Waals surface area contributed by atoms with E-state index < -0.39 is 0 Å². The zero-order valence-corrected chi connectivity index (χ0v) is 13.8. The lowest BCUT2D eigenvalue weighted by Gasteiger charge is -2.01. The van der Waals surface area contributed by atoms with Crippen LogP contribution in [-0.2, 0) is 0 Å². The van der Waals surface area contributed by atoms with Crippen molar-refractivity contribution in [3.05, 3.63) is 95.3 Å². The van der Waals surface area contributed by atoms with Crippen LogP contribution in [0.4, 0.5) is 0 Å². The van der Waals surface area contributed by atoms with E-state index in [0.717, 1.165) is 21.9 Å². The number of furan rings is 1. The monoisotopic (exact) mass is 338 g/mol. The molecule has 0 radical (unpaired) electrons. The summed E-state index contributed by atoms with van der Waals surface area (Å²) in [6.45, 7) is 0.